The maximum absolute atomic E-state index is 5.99. The summed E-state index contributed by atoms with van der Waals surface area (Å²) in [4.78, 5) is 4.48. The van der Waals surface area contributed by atoms with Gasteiger partial charge < -0.3 is 13.8 Å². The van der Waals surface area contributed by atoms with Crippen molar-refractivity contribution in [2.75, 3.05) is 0 Å². The van der Waals surface area contributed by atoms with Gasteiger partial charge >= 0.3 is 0 Å². The van der Waals surface area contributed by atoms with Crippen molar-refractivity contribution < 1.29 is 9.26 Å². The molecule has 4 rings (SSSR count). The number of halogens is 1. The van der Waals surface area contributed by atoms with E-state index in [4.69, 9.17) is 20.9 Å². The summed E-state index contributed by atoms with van der Waals surface area (Å²) < 4.78 is 13.4. The smallest absolute Gasteiger partial charge is 0.267 e. The van der Waals surface area contributed by atoms with E-state index in [1.54, 1.807) is 6.07 Å². The Morgan fingerprint density at radius 1 is 1.07 bits per heavy atom. The number of aryl methyl sites for hydroxylation is 1. The highest BCUT2D eigenvalue weighted by molar-refractivity contribution is 6.30. The Morgan fingerprint density at radius 3 is 2.52 bits per heavy atom. The van der Waals surface area contributed by atoms with Gasteiger partial charge in [-0.05, 0) is 74.0 Å². The molecule has 4 aromatic rings. The second-order valence-corrected chi connectivity index (χ2v) is 6.70. The molecule has 0 fully saturated rings. The predicted molar refractivity (Wildman–Crippen MR) is 104 cm³/mol. The fourth-order valence-corrected chi connectivity index (χ4v) is 3.02. The number of rotatable bonds is 5. The summed E-state index contributed by atoms with van der Waals surface area (Å²) in [6, 6.07) is 17.4. The van der Waals surface area contributed by atoms with Gasteiger partial charge in [-0.15, -0.1) is 0 Å². The van der Waals surface area contributed by atoms with Crippen LogP contribution in [0.2, 0.25) is 5.02 Å². The summed E-state index contributed by atoms with van der Waals surface area (Å²) >= 11 is 5.99. The molecule has 2 aromatic heterocycles. The lowest BCUT2D eigenvalue weighted by atomic mass is 10.2. The van der Waals surface area contributed by atoms with Crippen molar-refractivity contribution in [3.8, 4) is 22.8 Å². The first-order valence-corrected chi connectivity index (χ1v) is 8.98. The molecule has 27 heavy (non-hydrogen) atoms. The van der Waals surface area contributed by atoms with E-state index in [-0.39, 0.29) is 6.10 Å². The zero-order valence-electron chi connectivity index (χ0n) is 15.0. The molecule has 0 saturated heterocycles. The molecule has 0 radical (unpaired) electrons. The van der Waals surface area contributed by atoms with Crippen LogP contribution >= 0.6 is 11.6 Å². The number of hydrogen-bond donors (Lipinski definition) is 0. The summed E-state index contributed by atoms with van der Waals surface area (Å²) in [7, 11) is 0. The van der Waals surface area contributed by atoms with E-state index < -0.39 is 0 Å². The third-order valence-electron chi connectivity index (χ3n) is 4.26. The molecule has 136 valence electrons. The molecule has 0 aliphatic heterocycles. The van der Waals surface area contributed by atoms with E-state index in [2.05, 4.69) is 10.1 Å². The monoisotopic (exact) mass is 379 g/mol. The van der Waals surface area contributed by atoms with Crippen LogP contribution < -0.4 is 4.74 Å². The summed E-state index contributed by atoms with van der Waals surface area (Å²) in [5, 5.41) is 4.76. The minimum Gasteiger partial charge on any atom is -0.481 e. The number of hydrogen-bond acceptors (Lipinski definition) is 4. The van der Waals surface area contributed by atoms with Crippen LogP contribution in [0.4, 0.5) is 0 Å². The minimum absolute atomic E-state index is 0.370. The van der Waals surface area contributed by atoms with E-state index >= 15 is 0 Å². The first-order valence-electron chi connectivity index (χ1n) is 8.60. The topological polar surface area (TPSA) is 53.1 Å². The Morgan fingerprint density at radius 2 is 1.81 bits per heavy atom. The van der Waals surface area contributed by atoms with Crippen LogP contribution in [-0.2, 0) is 0 Å². The van der Waals surface area contributed by atoms with Gasteiger partial charge in [0, 0.05) is 28.7 Å². The Labute approximate surface area is 162 Å². The quantitative estimate of drug-likeness (QED) is 0.451. The van der Waals surface area contributed by atoms with Crippen molar-refractivity contribution in [3.63, 3.8) is 0 Å². The van der Waals surface area contributed by atoms with Gasteiger partial charge in [0.15, 0.2) is 6.10 Å². The van der Waals surface area contributed by atoms with E-state index in [0.717, 1.165) is 22.6 Å². The van der Waals surface area contributed by atoms with Gasteiger partial charge in [-0.2, -0.15) is 4.98 Å². The van der Waals surface area contributed by atoms with Crippen molar-refractivity contribution in [2.45, 2.75) is 20.0 Å². The van der Waals surface area contributed by atoms with Gasteiger partial charge in [0.25, 0.3) is 5.89 Å². The molecule has 1 unspecified atom stereocenters. The maximum atomic E-state index is 5.99. The summed E-state index contributed by atoms with van der Waals surface area (Å²) in [5.41, 5.74) is 2.91. The van der Waals surface area contributed by atoms with Crippen LogP contribution in [0.5, 0.6) is 5.75 Å². The number of ether oxygens (including phenoxy) is 1. The Balaban J connectivity index is 1.51. The molecule has 2 heterocycles. The lowest BCUT2D eigenvalue weighted by Gasteiger charge is -2.13. The van der Waals surface area contributed by atoms with E-state index in [1.165, 1.54) is 0 Å². The number of benzene rings is 2. The molecule has 0 aliphatic rings. The Bertz CT molecular complexity index is 1040. The van der Waals surface area contributed by atoms with Crippen LogP contribution in [0.3, 0.4) is 0 Å². The number of aromatic nitrogens is 3. The van der Waals surface area contributed by atoms with Gasteiger partial charge in [0.05, 0.1) is 0 Å². The molecular weight excluding hydrogens is 362 g/mol. The zero-order chi connectivity index (χ0) is 18.8. The first-order chi connectivity index (χ1) is 13.1. The third kappa shape index (κ3) is 3.73. The van der Waals surface area contributed by atoms with Crippen molar-refractivity contribution in [2.24, 2.45) is 0 Å². The van der Waals surface area contributed by atoms with Crippen LogP contribution in [0.25, 0.3) is 17.1 Å². The Hall–Kier alpha value is -3.05. The minimum atomic E-state index is -0.370. The van der Waals surface area contributed by atoms with Gasteiger partial charge in [0.2, 0.25) is 5.82 Å². The maximum Gasteiger partial charge on any atom is 0.267 e. The highest BCUT2D eigenvalue weighted by Crippen LogP contribution is 2.27. The van der Waals surface area contributed by atoms with Gasteiger partial charge in [-0.1, -0.05) is 16.8 Å². The average molecular weight is 380 g/mol. The molecule has 0 aliphatic carbocycles. The van der Waals surface area contributed by atoms with Gasteiger partial charge in [-0.25, -0.2) is 0 Å². The standard InChI is InChI=1S/C21H18ClN3O2/c1-14-13-17(22)7-10-19(14)26-15(2)21-23-20(24-27-21)16-5-8-18(9-6-16)25-11-3-4-12-25/h3-13,15H,1-2H3. The lowest BCUT2D eigenvalue weighted by molar-refractivity contribution is 0.175. The van der Waals surface area contributed by atoms with E-state index in [0.29, 0.717) is 16.7 Å². The SMILES string of the molecule is Cc1cc(Cl)ccc1OC(C)c1nc(-c2ccc(-n3cccc3)cc2)no1. The van der Waals surface area contributed by atoms with Gasteiger partial charge in [0.1, 0.15) is 5.75 Å². The molecule has 0 amide bonds. The third-order valence-corrected chi connectivity index (χ3v) is 4.49. The van der Waals surface area contributed by atoms with E-state index in [1.807, 2.05) is 79.3 Å². The molecule has 2 aromatic carbocycles. The molecular formula is C21H18ClN3O2. The Kier molecular flexibility index (Phi) is 4.69. The summed E-state index contributed by atoms with van der Waals surface area (Å²) in [6.45, 7) is 3.82. The van der Waals surface area contributed by atoms with Crippen molar-refractivity contribution >= 4 is 11.6 Å². The summed E-state index contributed by atoms with van der Waals surface area (Å²) in [5.74, 6) is 1.70. The van der Waals surface area contributed by atoms with Crippen molar-refractivity contribution in [1.82, 2.24) is 14.7 Å². The zero-order valence-corrected chi connectivity index (χ0v) is 15.7. The first kappa shape index (κ1) is 17.4. The lowest BCUT2D eigenvalue weighted by Crippen LogP contribution is -2.04. The molecule has 1 atom stereocenters. The predicted octanol–water partition coefficient (Wildman–Crippen LogP) is 5.63. The molecule has 5 nitrogen and oxygen atoms in total. The van der Waals surface area contributed by atoms with Gasteiger partial charge in [-0.3, -0.25) is 0 Å². The molecule has 0 bridgehead atoms. The van der Waals surface area contributed by atoms with Crippen molar-refractivity contribution in [1.29, 1.82) is 0 Å². The second kappa shape index (κ2) is 7.29. The number of nitrogens with zero attached hydrogens (tertiary/aromatic N) is 3. The van der Waals surface area contributed by atoms with Crippen molar-refractivity contribution in [3.05, 3.63) is 83.5 Å². The average Bonchev–Trinajstić information content (AvgIpc) is 3.36. The highest BCUT2D eigenvalue weighted by Gasteiger charge is 2.18. The molecule has 6 heteroatoms. The molecule has 0 spiro atoms. The van der Waals surface area contributed by atoms with E-state index in [9.17, 15) is 0 Å². The van der Waals surface area contributed by atoms with Crippen LogP contribution in [0.1, 0.15) is 24.5 Å². The fraction of sp³-hybridized carbons (Fsp3) is 0.143. The normalized spacial score (nSPS) is 12.1. The fourth-order valence-electron chi connectivity index (χ4n) is 2.79. The molecule has 0 N–H and O–H groups in total. The van der Waals surface area contributed by atoms with Crippen LogP contribution in [0.15, 0.2) is 71.5 Å². The molecule has 0 saturated carbocycles. The summed E-state index contributed by atoms with van der Waals surface area (Å²) in [6.07, 6.45) is 3.63. The largest absolute Gasteiger partial charge is 0.481 e. The highest BCUT2D eigenvalue weighted by atomic mass is 35.5. The second-order valence-electron chi connectivity index (χ2n) is 6.26. The van der Waals surface area contributed by atoms with Crippen LogP contribution in [0, 0.1) is 6.92 Å². The van der Waals surface area contributed by atoms with Crippen LogP contribution in [-0.4, -0.2) is 14.7 Å².